The van der Waals surface area contributed by atoms with Crippen molar-refractivity contribution < 1.29 is 27.2 Å². The molecular formula is C14H16F4N4O2. The minimum absolute atomic E-state index is 0.439. The third-order valence-electron chi connectivity index (χ3n) is 3.39. The number of alkyl halides is 2. The second kappa shape index (κ2) is 7.04. The zero-order chi connectivity index (χ0) is 18.0. The summed E-state index contributed by atoms with van der Waals surface area (Å²) in [6, 6.07) is -1.66. The highest BCUT2D eigenvalue weighted by atomic mass is 19.3. The Hall–Kier alpha value is -2.36. The molecule has 0 aliphatic carbocycles. The average Bonchev–Trinajstić information content (AvgIpc) is 2.44. The Bertz CT molecular complexity index is 623. The maximum Gasteiger partial charge on any atom is 0.328 e. The van der Waals surface area contributed by atoms with Gasteiger partial charge in [-0.25, -0.2) is 32.1 Å². The molecule has 1 fully saturated rings. The van der Waals surface area contributed by atoms with E-state index in [1.54, 1.807) is 13.8 Å². The van der Waals surface area contributed by atoms with E-state index in [1.165, 1.54) is 0 Å². The highest BCUT2D eigenvalue weighted by molar-refractivity contribution is 5.96. The summed E-state index contributed by atoms with van der Waals surface area (Å²) in [6.07, 6.45) is -4.40. The molecule has 3 N–H and O–H groups in total. The highest BCUT2D eigenvalue weighted by Crippen LogP contribution is 2.24. The molecule has 0 bridgehead atoms. The topological polar surface area (TPSA) is 73.5 Å². The van der Waals surface area contributed by atoms with Gasteiger partial charge in [-0.05, 0) is 19.9 Å². The van der Waals surface area contributed by atoms with Crippen molar-refractivity contribution in [3.8, 4) is 0 Å². The molecule has 132 valence electrons. The number of carbonyl (C=O) groups excluding carboxylic acids is 2. The Kier molecular flexibility index (Phi) is 5.27. The second-order valence-corrected chi connectivity index (χ2v) is 5.44. The average molecular weight is 348 g/mol. The summed E-state index contributed by atoms with van der Waals surface area (Å²) >= 11 is 0. The van der Waals surface area contributed by atoms with Crippen LogP contribution in [0.15, 0.2) is 18.2 Å². The van der Waals surface area contributed by atoms with Crippen LogP contribution in [0.5, 0.6) is 0 Å². The van der Waals surface area contributed by atoms with Crippen molar-refractivity contribution in [2.24, 2.45) is 0 Å². The van der Waals surface area contributed by atoms with E-state index in [-0.39, 0.29) is 0 Å². The fourth-order valence-electron chi connectivity index (χ4n) is 2.30. The number of rotatable bonds is 5. The third-order valence-corrected chi connectivity index (χ3v) is 3.39. The number of nitrogens with one attached hydrogen (secondary N) is 3. The maximum absolute atomic E-state index is 13.7. The predicted molar refractivity (Wildman–Crippen MR) is 76.1 cm³/mol. The van der Waals surface area contributed by atoms with Crippen LogP contribution in [0.25, 0.3) is 0 Å². The number of nitrogens with zero attached hydrogens (tertiary/aromatic N) is 1. The van der Waals surface area contributed by atoms with Gasteiger partial charge in [0.05, 0.1) is 6.04 Å². The van der Waals surface area contributed by atoms with Gasteiger partial charge in [0, 0.05) is 17.7 Å². The summed E-state index contributed by atoms with van der Waals surface area (Å²) in [4.78, 5) is 24.6. The Labute approximate surface area is 135 Å². The molecule has 1 aliphatic heterocycles. The van der Waals surface area contributed by atoms with Crippen LogP contribution in [0.1, 0.15) is 25.5 Å². The molecule has 6 nitrogen and oxygen atoms in total. The van der Waals surface area contributed by atoms with Gasteiger partial charge in [0.15, 0.2) is 6.29 Å². The predicted octanol–water partition coefficient (Wildman–Crippen LogP) is 2.29. The van der Waals surface area contributed by atoms with Crippen molar-refractivity contribution in [1.82, 2.24) is 20.9 Å². The summed E-state index contributed by atoms with van der Waals surface area (Å²) in [6.45, 7) is 3.20. The summed E-state index contributed by atoms with van der Waals surface area (Å²) in [5.41, 5.74) is -0.485. The molecule has 1 heterocycles. The molecule has 10 heteroatoms. The van der Waals surface area contributed by atoms with Crippen molar-refractivity contribution in [2.75, 3.05) is 0 Å². The lowest BCUT2D eigenvalue weighted by atomic mass is 10.1. The summed E-state index contributed by atoms with van der Waals surface area (Å²) in [7, 11) is 0. The van der Waals surface area contributed by atoms with Crippen molar-refractivity contribution in [1.29, 1.82) is 0 Å². The third kappa shape index (κ3) is 3.75. The number of hydrogen-bond acceptors (Lipinski definition) is 3. The highest BCUT2D eigenvalue weighted by Gasteiger charge is 2.36. The van der Waals surface area contributed by atoms with Crippen molar-refractivity contribution in [3.05, 3.63) is 35.4 Å². The van der Waals surface area contributed by atoms with Crippen molar-refractivity contribution >= 4 is 12.1 Å². The number of imide groups is 1. The van der Waals surface area contributed by atoms with E-state index in [2.05, 4.69) is 16.0 Å². The van der Waals surface area contributed by atoms with Crippen molar-refractivity contribution in [3.63, 3.8) is 0 Å². The second-order valence-electron chi connectivity index (χ2n) is 5.44. The number of amides is 4. The number of urea groups is 2. The molecule has 0 aromatic heterocycles. The molecule has 1 aromatic carbocycles. The molecule has 0 spiro atoms. The van der Waals surface area contributed by atoms with E-state index in [1.807, 2.05) is 0 Å². The van der Waals surface area contributed by atoms with Gasteiger partial charge in [0.1, 0.15) is 11.6 Å². The van der Waals surface area contributed by atoms with E-state index < -0.39 is 54.1 Å². The Morgan fingerprint density at radius 2 is 1.71 bits per heavy atom. The lowest BCUT2D eigenvalue weighted by Crippen LogP contribution is -2.69. The SMILES string of the molecule is CC(C)N1C(=O)NC(N[C@H](c2ccc(F)cc2F)C(F)F)NC1=O. The summed E-state index contributed by atoms with van der Waals surface area (Å²) in [5.74, 6) is -2.07. The molecule has 1 atom stereocenters. The quantitative estimate of drug-likeness (QED) is 0.715. The van der Waals surface area contributed by atoms with Gasteiger partial charge in [-0.2, -0.15) is 0 Å². The smallest absolute Gasteiger partial charge is 0.304 e. The van der Waals surface area contributed by atoms with Gasteiger partial charge in [-0.3, -0.25) is 5.32 Å². The molecular weight excluding hydrogens is 332 g/mol. The minimum Gasteiger partial charge on any atom is -0.304 e. The van der Waals surface area contributed by atoms with E-state index in [0.29, 0.717) is 6.07 Å². The van der Waals surface area contributed by atoms with Gasteiger partial charge in [-0.15, -0.1) is 0 Å². The van der Waals surface area contributed by atoms with Crippen LogP contribution in [-0.2, 0) is 0 Å². The number of hydrogen-bond donors (Lipinski definition) is 3. The van der Waals surface area contributed by atoms with Gasteiger partial charge in [0.2, 0.25) is 0 Å². The van der Waals surface area contributed by atoms with E-state index in [0.717, 1.165) is 17.0 Å². The lowest BCUT2D eigenvalue weighted by Gasteiger charge is -2.36. The molecule has 1 saturated heterocycles. The Balaban J connectivity index is 2.17. The number of benzene rings is 1. The van der Waals surface area contributed by atoms with Crippen LogP contribution < -0.4 is 16.0 Å². The zero-order valence-corrected chi connectivity index (χ0v) is 12.8. The minimum atomic E-state index is -3.07. The standard InChI is InChI=1S/C14H16F4N4O2/c1-6(2)22-13(23)20-12(21-14(22)24)19-10(11(17)18)8-4-3-7(15)5-9(8)16/h3-6,10-12,19H,1-2H3,(H,20,23)(H,21,24)/t10-/m1/s1. The summed E-state index contributed by atoms with van der Waals surface area (Å²) in [5, 5.41) is 6.81. The van der Waals surface area contributed by atoms with Gasteiger partial charge < -0.3 is 10.6 Å². The first-order chi connectivity index (χ1) is 11.2. The molecule has 1 aromatic rings. The molecule has 2 rings (SSSR count). The number of halogens is 4. The largest absolute Gasteiger partial charge is 0.328 e. The normalized spacial score (nSPS) is 17.2. The van der Waals surface area contributed by atoms with E-state index in [9.17, 15) is 27.2 Å². The van der Waals surface area contributed by atoms with Gasteiger partial charge >= 0.3 is 12.1 Å². The van der Waals surface area contributed by atoms with Crippen molar-refractivity contribution in [2.45, 2.75) is 38.6 Å². The molecule has 0 saturated carbocycles. The molecule has 4 amide bonds. The molecule has 0 unspecified atom stereocenters. The van der Waals surface area contributed by atoms with Crippen LogP contribution in [-0.4, -0.2) is 35.7 Å². The fraction of sp³-hybridized carbons (Fsp3) is 0.429. The van der Waals surface area contributed by atoms with Gasteiger partial charge in [-0.1, -0.05) is 6.07 Å². The first-order valence-electron chi connectivity index (χ1n) is 7.10. The van der Waals surface area contributed by atoms with Crippen LogP contribution in [0.3, 0.4) is 0 Å². The Morgan fingerprint density at radius 3 is 2.17 bits per heavy atom. The van der Waals surface area contributed by atoms with Crippen LogP contribution in [0, 0.1) is 11.6 Å². The first kappa shape index (κ1) is 18.0. The molecule has 24 heavy (non-hydrogen) atoms. The molecule has 0 radical (unpaired) electrons. The zero-order valence-electron chi connectivity index (χ0n) is 12.8. The fourth-order valence-corrected chi connectivity index (χ4v) is 2.30. The monoisotopic (exact) mass is 348 g/mol. The Morgan fingerprint density at radius 1 is 1.12 bits per heavy atom. The van der Waals surface area contributed by atoms with Crippen LogP contribution in [0.4, 0.5) is 27.2 Å². The van der Waals surface area contributed by atoms with Crippen LogP contribution >= 0.6 is 0 Å². The lowest BCUT2D eigenvalue weighted by molar-refractivity contribution is 0.0789. The van der Waals surface area contributed by atoms with Gasteiger partial charge in [0.25, 0.3) is 6.43 Å². The number of carbonyl (C=O) groups is 2. The van der Waals surface area contributed by atoms with E-state index >= 15 is 0 Å². The summed E-state index contributed by atoms with van der Waals surface area (Å²) < 4.78 is 53.2. The van der Waals surface area contributed by atoms with E-state index in [4.69, 9.17) is 0 Å². The maximum atomic E-state index is 13.7. The molecule has 1 aliphatic rings. The first-order valence-corrected chi connectivity index (χ1v) is 7.10. The van der Waals surface area contributed by atoms with Crippen LogP contribution in [0.2, 0.25) is 0 Å².